The molecular weight excluding hydrogens is 268 g/mol. The van der Waals surface area contributed by atoms with E-state index in [0.717, 1.165) is 18.7 Å². The minimum absolute atomic E-state index is 0.863. The molecule has 0 bridgehead atoms. The van der Waals surface area contributed by atoms with E-state index >= 15 is 0 Å². The molecular formula is C14H26N2OSi2. The first-order valence-corrected chi connectivity index (χ1v) is 13.4. The van der Waals surface area contributed by atoms with E-state index in [-0.39, 0.29) is 0 Å². The van der Waals surface area contributed by atoms with Gasteiger partial charge in [0, 0.05) is 19.0 Å². The lowest BCUT2D eigenvalue weighted by molar-refractivity contribution is 0.544. The molecule has 0 saturated carbocycles. The molecule has 0 spiro atoms. The third kappa shape index (κ3) is 8.07. The average molecular weight is 295 g/mol. The van der Waals surface area contributed by atoms with Gasteiger partial charge in [0.25, 0.3) is 0 Å². The Morgan fingerprint density at radius 2 is 1.95 bits per heavy atom. The average Bonchev–Trinajstić information content (AvgIpc) is 2.26. The summed E-state index contributed by atoms with van der Waals surface area (Å²) in [6.07, 6.45) is 4.75. The number of nitrogens with zero attached hydrogens (tertiary/aromatic N) is 2. The fourth-order valence-corrected chi connectivity index (χ4v) is 10.1. The summed E-state index contributed by atoms with van der Waals surface area (Å²) in [6.45, 7) is 12.3. The van der Waals surface area contributed by atoms with Crippen LogP contribution in [-0.4, -0.2) is 34.4 Å². The van der Waals surface area contributed by atoms with Gasteiger partial charge in [-0.1, -0.05) is 6.07 Å². The second-order valence-corrected chi connectivity index (χ2v) is 15.4. The zero-order valence-corrected chi connectivity index (χ0v) is 14.8. The summed E-state index contributed by atoms with van der Waals surface area (Å²) in [4.78, 5) is 8.65. The summed E-state index contributed by atoms with van der Waals surface area (Å²) >= 11 is 0. The molecule has 1 aromatic heterocycles. The Morgan fingerprint density at radius 1 is 1.21 bits per heavy atom. The third-order valence-electron chi connectivity index (χ3n) is 2.56. The number of aromatic nitrogens is 1. The van der Waals surface area contributed by atoms with Gasteiger partial charge in [0.15, 0.2) is 16.6 Å². The van der Waals surface area contributed by atoms with E-state index in [9.17, 15) is 0 Å². The molecule has 3 nitrogen and oxygen atoms in total. The number of hydrogen-bond acceptors (Lipinski definition) is 3. The first-order chi connectivity index (χ1) is 8.79. The van der Waals surface area contributed by atoms with E-state index in [4.69, 9.17) is 4.12 Å². The maximum Gasteiger partial charge on any atom is 0.173 e. The van der Waals surface area contributed by atoms with Crippen LogP contribution in [0.2, 0.25) is 38.8 Å². The molecule has 106 valence electrons. The van der Waals surface area contributed by atoms with Crippen molar-refractivity contribution in [2.45, 2.75) is 45.2 Å². The molecule has 0 aliphatic heterocycles. The van der Waals surface area contributed by atoms with Crippen LogP contribution in [0.25, 0.3) is 0 Å². The lowest BCUT2D eigenvalue weighted by atomic mass is 10.4. The van der Waals surface area contributed by atoms with Gasteiger partial charge in [0.05, 0.1) is 5.69 Å². The number of rotatable bonds is 7. The predicted octanol–water partition coefficient (Wildman–Crippen LogP) is 3.95. The van der Waals surface area contributed by atoms with Crippen LogP contribution in [0.1, 0.15) is 12.1 Å². The Hall–Kier alpha value is -0.786. The van der Waals surface area contributed by atoms with Crippen molar-refractivity contribution in [1.82, 2.24) is 4.98 Å². The highest BCUT2D eigenvalue weighted by atomic mass is 28.4. The van der Waals surface area contributed by atoms with Crippen LogP contribution in [-0.2, 0) is 4.12 Å². The van der Waals surface area contributed by atoms with E-state index in [1.54, 1.807) is 6.20 Å². The molecule has 0 atom stereocenters. The minimum atomic E-state index is -1.50. The van der Waals surface area contributed by atoms with Crippen molar-refractivity contribution < 1.29 is 4.12 Å². The second-order valence-electron chi connectivity index (χ2n) is 6.37. The highest BCUT2D eigenvalue weighted by Gasteiger charge is 2.28. The number of pyridine rings is 1. The first kappa shape index (κ1) is 16.3. The van der Waals surface area contributed by atoms with E-state index in [2.05, 4.69) is 42.7 Å². The molecule has 0 aliphatic rings. The van der Waals surface area contributed by atoms with E-state index in [1.807, 2.05) is 24.4 Å². The summed E-state index contributed by atoms with van der Waals surface area (Å²) in [5.41, 5.74) is 0.928. The Bertz CT molecular complexity index is 400. The van der Waals surface area contributed by atoms with E-state index in [1.165, 1.54) is 6.04 Å². The molecule has 1 aromatic rings. The van der Waals surface area contributed by atoms with Crippen LogP contribution in [0.3, 0.4) is 0 Å². The molecule has 0 amide bonds. The fourth-order valence-electron chi connectivity index (χ4n) is 2.09. The van der Waals surface area contributed by atoms with Crippen LogP contribution in [0.4, 0.5) is 0 Å². The van der Waals surface area contributed by atoms with Gasteiger partial charge >= 0.3 is 0 Å². The molecule has 0 unspecified atom stereocenters. The molecule has 0 aromatic carbocycles. The lowest BCUT2D eigenvalue weighted by Gasteiger charge is -2.31. The maximum atomic E-state index is 6.30. The largest absolute Gasteiger partial charge is 0.456 e. The number of aliphatic imine (C=N–C) groups is 1. The molecule has 19 heavy (non-hydrogen) atoms. The Balaban J connectivity index is 2.29. The van der Waals surface area contributed by atoms with Crippen molar-refractivity contribution in [3.8, 4) is 0 Å². The van der Waals surface area contributed by atoms with Crippen molar-refractivity contribution in [2.75, 3.05) is 6.54 Å². The lowest BCUT2D eigenvalue weighted by Crippen LogP contribution is -2.42. The minimum Gasteiger partial charge on any atom is -0.456 e. The van der Waals surface area contributed by atoms with Gasteiger partial charge in [0.1, 0.15) is 0 Å². The van der Waals surface area contributed by atoms with Crippen molar-refractivity contribution >= 4 is 22.8 Å². The summed E-state index contributed by atoms with van der Waals surface area (Å²) < 4.78 is 6.30. The van der Waals surface area contributed by atoms with Gasteiger partial charge in [-0.2, -0.15) is 0 Å². The molecule has 0 radical (unpaired) electrons. The highest BCUT2D eigenvalue weighted by Crippen LogP contribution is 2.19. The van der Waals surface area contributed by atoms with Gasteiger partial charge in [-0.15, -0.1) is 0 Å². The molecule has 1 rings (SSSR count). The van der Waals surface area contributed by atoms with Crippen LogP contribution < -0.4 is 0 Å². The Kier molecular flexibility index (Phi) is 6.09. The highest BCUT2D eigenvalue weighted by molar-refractivity contribution is 6.84. The van der Waals surface area contributed by atoms with Crippen LogP contribution in [0, 0.1) is 0 Å². The predicted molar refractivity (Wildman–Crippen MR) is 88.0 cm³/mol. The van der Waals surface area contributed by atoms with Crippen LogP contribution in [0.15, 0.2) is 29.4 Å². The summed E-state index contributed by atoms with van der Waals surface area (Å²) in [5.74, 6) is 0. The Morgan fingerprint density at radius 3 is 2.53 bits per heavy atom. The van der Waals surface area contributed by atoms with Crippen molar-refractivity contribution in [1.29, 1.82) is 0 Å². The van der Waals surface area contributed by atoms with Crippen LogP contribution >= 0.6 is 0 Å². The van der Waals surface area contributed by atoms with E-state index in [0.29, 0.717) is 0 Å². The molecule has 0 fully saturated rings. The standard InChI is InChI=1S/C14H26N2OSi2/c1-18(2,3)17-19(4,5)12-8-10-15-13-14-9-6-7-11-16-14/h6-7,9,11,13H,8,10,12H2,1-5H3. The maximum absolute atomic E-state index is 6.30. The topological polar surface area (TPSA) is 34.5 Å². The van der Waals surface area contributed by atoms with Gasteiger partial charge in [0.2, 0.25) is 0 Å². The molecule has 5 heteroatoms. The quantitative estimate of drug-likeness (QED) is 0.433. The number of hydrogen-bond donors (Lipinski definition) is 0. The monoisotopic (exact) mass is 294 g/mol. The van der Waals surface area contributed by atoms with Crippen molar-refractivity contribution in [3.63, 3.8) is 0 Å². The van der Waals surface area contributed by atoms with Gasteiger partial charge < -0.3 is 4.12 Å². The zero-order valence-electron chi connectivity index (χ0n) is 12.8. The van der Waals surface area contributed by atoms with Crippen molar-refractivity contribution in [3.05, 3.63) is 30.1 Å². The summed E-state index contributed by atoms with van der Waals surface area (Å²) in [5, 5.41) is 0. The summed E-state index contributed by atoms with van der Waals surface area (Å²) in [7, 11) is -2.90. The van der Waals surface area contributed by atoms with Gasteiger partial charge in [-0.25, -0.2) is 0 Å². The SMILES string of the molecule is C[Si](C)(C)O[Si](C)(C)CCCN=Cc1ccccn1. The molecule has 0 aliphatic carbocycles. The smallest absolute Gasteiger partial charge is 0.173 e. The molecule has 0 N–H and O–H groups in total. The molecule has 0 saturated heterocycles. The third-order valence-corrected chi connectivity index (χ3v) is 8.78. The van der Waals surface area contributed by atoms with Crippen LogP contribution in [0.5, 0.6) is 0 Å². The van der Waals surface area contributed by atoms with Crippen molar-refractivity contribution in [2.24, 2.45) is 4.99 Å². The zero-order chi connectivity index (χ0) is 14.4. The van der Waals surface area contributed by atoms with Gasteiger partial charge in [-0.3, -0.25) is 9.98 Å². The van der Waals surface area contributed by atoms with E-state index < -0.39 is 16.6 Å². The first-order valence-electron chi connectivity index (χ1n) is 6.90. The fraction of sp³-hybridized carbons (Fsp3) is 0.571. The normalized spacial score (nSPS) is 13.1. The Labute approximate surface area is 119 Å². The second kappa shape index (κ2) is 7.12. The molecule has 1 heterocycles. The van der Waals surface area contributed by atoms with Gasteiger partial charge in [-0.05, 0) is 57.3 Å². The summed E-state index contributed by atoms with van der Waals surface area (Å²) in [6, 6.07) is 7.04.